The number of amides is 4. The van der Waals surface area contributed by atoms with E-state index in [1.807, 2.05) is 0 Å². The third-order valence-electron chi connectivity index (χ3n) is 4.67. The maximum atomic E-state index is 13.9. The number of nitrogens with one attached hydrogen (secondary N) is 2. The first kappa shape index (κ1) is 21.2. The Labute approximate surface area is 169 Å². The minimum absolute atomic E-state index is 0.0732. The Hall–Kier alpha value is -3.56. The molecule has 1 atom stereocenters. The summed E-state index contributed by atoms with van der Waals surface area (Å²) in [6.07, 6.45) is -5.19. The standard InChI is InChI=1S/C20H18F3N3O4/c1-30-15-10-6-5-7-13(15)11-12-26-17(28)19(20(21,22)23,25-18(26)29)24-16(27)14-8-3-2-4-9-14/h2-10H,11-12H2,1H3,(H,24,27)(H,25,29)/t19-/m1/s1. The number of imide groups is 1. The summed E-state index contributed by atoms with van der Waals surface area (Å²) in [4.78, 5) is 37.7. The number of alkyl halides is 3. The molecule has 2 aromatic carbocycles. The Kier molecular flexibility index (Phi) is 5.68. The van der Waals surface area contributed by atoms with Crippen molar-refractivity contribution in [2.75, 3.05) is 13.7 Å². The molecule has 1 aliphatic rings. The Morgan fingerprint density at radius 1 is 1.10 bits per heavy atom. The summed E-state index contributed by atoms with van der Waals surface area (Å²) >= 11 is 0. The number of methoxy groups -OCH3 is 1. The highest BCUT2D eigenvalue weighted by molar-refractivity contribution is 6.10. The average molecular weight is 421 g/mol. The van der Waals surface area contributed by atoms with Crippen molar-refractivity contribution in [2.45, 2.75) is 18.3 Å². The number of urea groups is 1. The van der Waals surface area contributed by atoms with Crippen molar-refractivity contribution in [1.29, 1.82) is 0 Å². The van der Waals surface area contributed by atoms with Gasteiger partial charge in [0.05, 0.1) is 7.11 Å². The topological polar surface area (TPSA) is 87.7 Å². The molecule has 2 N–H and O–H groups in total. The number of carbonyl (C=O) groups is 3. The molecule has 0 bridgehead atoms. The van der Waals surface area contributed by atoms with Crippen LogP contribution in [-0.4, -0.2) is 48.2 Å². The lowest BCUT2D eigenvalue weighted by molar-refractivity contribution is -0.200. The Morgan fingerprint density at radius 3 is 2.37 bits per heavy atom. The molecule has 0 aromatic heterocycles. The van der Waals surface area contributed by atoms with E-state index in [1.165, 1.54) is 31.4 Å². The minimum Gasteiger partial charge on any atom is -0.496 e. The lowest BCUT2D eigenvalue weighted by atomic mass is 10.1. The van der Waals surface area contributed by atoms with Gasteiger partial charge >= 0.3 is 12.2 Å². The van der Waals surface area contributed by atoms with Gasteiger partial charge in [-0.15, -0.1) is 0 Å². The summed E-state index contributed by atoms with van der Waals surface area (Å²) < 4.78 is 46.8. The third kappa shape index (κ3) is 3.80. The van der Waals surface area contributed by atoms with E-state index in [4.69, 9.17) is 4.74 Å². The van der Waals surface area contributed by atoms with Gasteiger partial charge < -0.3 is 10.1 Å². The predicted molar refractivity (Wildman–Crippen MR) is 99.6 cm³/mol. The van der Waals surface area contributed by atoms with Crippen molar-refractivity contribution in [3.8, 4) is 5.75 Å². The number of nitrogens with zero attached hydrogens (tertiary/aromatic N) is 1. The molecule has 1 fully saturated rings. The van der Waals surface area contributed by atoms with E-state index in [0.29, 0.717) is 16.2 Å². The molecule has 0 unspecified atom stereocenters. The molecular formula is C20H18F3N3O4. The van der Waals surface area contributed by atoms with Gasteiger partial charge in [-0.3, -0.25) is 19.8 Å². The molecule has 2 aromatic rings. The number of rotatable bonds is 6. The first-order valence-corrected chi connectivity index (χ1v) is 8.90. The number of benzene rings is 2. The van der Waals surface area contributed by atoms with Gasteiger partial charge in [-0.25, -0.2) is 4.79 Å². The van der Waals surface area contributed by atoms with Gasteiger partial charge in [0.25, 0.3) is 17.5 Å². The van der Waals surface area contributed by atoms with Crippen LogP contribution in [0.5, 0.6) is 5.75 Å². The van der Waals surface area contributed by atoms with Gasteiger partial charge in [-0.1, -0.05) is 36.4 Å². The van der Waals surface area contributed by atoms with Crippen LogP contribution in [0.2, 0.25) is 0 Å². The lowest BCUT2D eigenvalue weighted by Gasteiger charge is -2.29. The Morgan fingerprint density at radius 2 is 1.73 bits per heavy atom. The molecule has 4 amide bonds. The third-order valence-corrected chi connectivity index (χ3v) is 4.67. The first-order chi connectivity index (χ1) is 14.2. The quantitative estimate of drug-likeness (QED) is 0.702. The van der Waals surface area contributed by atoms with Crippen molar-refractivity contribution in [1.82, 2.24) is 15.5 Å². The van der Waals surface area contributed by atoms with E-state index < -0.39 is 29.7 Å². The van der Waals surface area contributed by atoms with E-state index in [2.05, 4.69) is 0 Å². The summed E-state index contributed by atoms with van der Waals surface area (Å²) in [6, 6.07) is 12.6. The van der Waals surface area contributed by atoms with E-state index in [1.54, 1.807) is 41.0 Å². The van der Waals surface area contributed by atoms with Crippen LogP contribution in [0.3, 0.4) is 0 Å². The fourth-order valence-corrected chi connectivity index (χ4v) is 3.10. The SMILES string of the molecule is COc1ccccc1CCN1C(=O)N[C@@](NC(=O)c2ccccc2)(C(F)(F)F)C1=O. The maximum absolute atomic E-state index is 13.9. The van der Waals surface area contributed by atoms with Gasteiger partial charge in [-0.2, -0.15) is 13.2 Å². The largest absolute Gasteiger partial charge is 0.496 e. The number of hydrogen-bond donors (Lipinski definition) is 2. The van der Waals surface area contributed by atoms with Crippen molar-refractivity contribution in [3.05, 3.63) is 65.7 Å². The summed E-state index contributed by atoms with van der Waals surface area (Å²) in [5, 5.41) is 3.29. The van der Waals surface area contributed by atoms with E-state index in [0.717, 1.165) is 0 Å². The molecule has 0 spiro atoms. The highest BCUT2D eigenvalue weighted by Crippen LogP contribution is 2.34. The number of para-hydroxylation sites is 1. The summed E-state index contributed by atoms with van der Waals surface area (Å²) in [6.45, 7) is -0.329. The molecule has 1 aliphatic heterocycles. The highest BCUT2D eigenvalue weighted by Gasteiger charge is 2.68. The Balaban J connectivity index is 1.84. The summed E-state index contributed by atoms with van der Waals surface area (Å²) in [5.41, 5.74) is -3.02. The zero-order chi connectivity index (χ0) is 21.9. The zero-order valence-corrected chi connectivity index (χ0v) is 15.8. The number of carbonyl (C=O) groups excluding carboxylic acids is 3. The van der Waals surface area contributed by atoms with Crippen LogP contribution in [0, 0.1) is 0 Å². The van der Waals surface area contributed by atoms with Crippen LogP contribution in [0.4, 0.5) is 18.0 Å². The van der Waals surface area contributed by atoms with Crippen LogP contribution < -0.4 is 15.4 Å². The van der Waals surface area contributed by atoms with Crippen LogP contribution in [0.15, 0.2) is 54.6 Å². The molecule has 0 aliphatic carbocycles. The molecule has 0 saturated carbocycles. The van der Waals surface area contributed by atoms with Gasteiger partial charge in [0.2, 0.25) is 0 Å². The molecule has 7 nitrogen and oxygen atoms in total. The van der Waals surface area contributed by atoms with Crippen LogP contribution in [-0.2, 0) is 11.2 Å². The summed E-state index contributed by atoms with van der Waals surface area (Å²) in [7, 11) is 1.43. The van der Waals surface area contributed by atoms with Crippen LogP contribution >= 0.6 is 0 Å². The normalized spacial score (nSPS) is 18.9. The van der Waals surface area contributed by atoms with Gasteiger partial charge in [0, 0.05) is 12.1 Å². The number of hydrogen-bond acceptors (Lipinski definition) is 4. The van der Waals surface area contributed by atoms with E-state index in [-0.39, 0.29) is 18.5 Å². The second kappa shape index (κ2) is 8.05. The molecule has 1 saturated heterocycles. The highest BCUT2D eigenvalue weighted by atomic mass is 19.4. The van der Waals surface area contributed by atoms with E-state index in [9.17, 15) is 27.6 Å². The summed E-state index contributed by atoms with van der Waals surface area (Å²) in [5.74, 6) is -2.27. The van der Waals surface area contributed by atoms with Crippen molar-refractivity contribution in [3.63, 3.8) is 0 Å². The predicted octanol–water partition coefficient (Wildman–Crippen LogP) is 2.48. The number of ether oxygens (including phenoxy) is 1. The maximum Gasteiger partial charge on any atom is 0.440 e. The van der Waals surface area contributed by atoms with Crippen LogP contribution in [0.1, 0.15) is 15.9 Å². The zero-order valence-electron chi connectivity index (χ0n) is 15.8. The molecule has 30 heavy (non-hydrogen) atoms. The van der Waals surface area contributed by atoms with Gasteiger partial charge in [0.15, 0.2) is 0 Å². The van der Waals surface area contributed by atoms with Gasteiger partial charge in [0.1, 0.15) is 5.75 Å². The fraction of sp³-hybridized carbons (Fsp3) is 0.250. The monoisotopic (exact) mass is 421 g/mol. The lowest BCUT2D eigenvalue weighted by Crippen LogP contribution is -2.69. The molecular weight excluding hydrogens is 403 g/mol. The number of halogens is 3. The second-order valence-electron chi connectivity index (χ2n) is 6.52. The Bertz CT molecular complexity index is 965. The van der Waals surface area contributed by atoms with Crippen molar-refractivity contribution >= 4 is 17.8 Å². The van der Waals surface area contributed by atoms with Gasteiger partial charge in [-0.05, 0) is 30.2 Å². The molecule has 158 valence electrons. The molecule has 3 rings (SSSR count). The van der Waals surface area contributed by atoms with Crippen molar-refractivity contribution in [2.24, 2.45) is 0 Å². The molecule has 10 heteroatoms. The smallest absolute Gasteiger partial charge is 0.440 e. The van der Waals surface area contributed by atoms with Crippen molar-refractivity contribution < 1.29 is 32.3 Å². The molecule has 0 radical (unpaired) electrons. The van der Waals surface area contributed by atoms with E-state index >= 15 is 0 Å². The minimum atomic E-state index is -5.26. The first-order valence-electron chi connectivity index (χ1n) is 8.90. The van der Waals surface area contributed by atoms with Crippen LogP contribution in [0.25, 0.3) is 0 Å². The molecule has 1 heterocycles. The average Bonchev–Trinajstić information content (AvgIpc) is 2.97. The second-order valence-corrected chi connectivity index (χ2v) is 6.52. The fourth-order valence-electron chi connectivity index (χ4n) is 3.10.